The fraction of sp³-hybridized carbons (Fsp3) is 0.143. The molecule has 0 saturated carbocycles. The molecular weight excluding hydrogens is 583 g/mol. The van der Waals surface area contributed by atoms with Crippen molar-refractivity contribution >= 4 is 55.1 Å². The first-order valence-corrected chi connectivity index (χ1v) is 14.1. The zero-order valence-corrected chi connectivity index (χ0v) is 25.8. The summed E-state index contributed by atoms with van der Waals surface area (Å²) in [4.78, 5) is 0. The van der Waals surface area contributed by atoms with Crippen molar-refractivity contribution in [2.45, 2.75) is 32.6 Å². The van der Waals surface area contributed by atoms with Gasteiger partial charge in [-0.2, -0.15) is 0 Å². The van der Waals surface area contributed by atoms with Gasteiger partial charge < -0.3 is 0 Å². The molecule has 0 spiro atoms. The second-order valence-electron chi connectivity index (χ2n) is 9.36. The molecule has 0 unspecified atom stereocenters. The van der Waals surface area contributed by atoms with Gasteiger partial charge in [0.2, 0.25) is 0 Å². The Balaban J connectivity index is 0.000000219. The van der Waals surface area contributed by atoms with Crippen molar-refractivity contribution in [1.29, 1.82) is 0 Å². The second-order valence-corrected chi connectivity index (χ2v) is 10.6. The van der Waals surface area contributed by atoms with Gasteiger partial charge in [-0.05, 0) is 19.3 Å². The Morgan fingerprint density at radius 2 is 1.34 bits per heavy atom. The average Bonchev–Trinajstić information content (AvgIpc) is 3.57. The predicted octanol–water partition coefficient (Wildman–Crippen LogP) is 10.3. The number of halogens is 2. The molecule has 3 heteroatoms. The molecule has 0 atom stereocenters. The van der Waals surface area contributed by atoms with Crippen LogP contribution in [0.3, 0.4) is 0 Å². The van der Waals surface area contributed by atoms with Crippen LogP contribution in [0.25, 0.3) is 27.1 Å². The van der Waals surface area contributed by atoms with Gasteiger partial charge in [-0.1, -0.05) is 78.6 Å². The van der Waals surface area contributed by atoms with E-state index in [9.17, 15) is 0 Å². The average molecular weight is 616 g/mol. The molecule has 6 rings (SSSR count). The molecule has 0 aliphatic heterocycles. The van der Waals surface area contributed by atoms with Crippen LogP contribution in [0.1, 0.15) is 49.3 Å². The van der Waals surface area contributed by atoms with Crippen LogP contribution in [0.4, 0.5) is 0 Å². The molecule has 0 fully saturated rings. The Labute approximate surface area is 254 Å². The van der Waals surface area contributed by atoms with Gasteiger partial charge in [0.25, 0.3) is 0 Å². The Morgan fingerprint density at radius 1 is 0.737 bits per heavy atom. The van der Waals surface area contributed by atoms with Crippen molar-refractivity contribution < 1.29 is 24.2 Å². The monoisotopic (exact) mass is 613 g/mol. The maximum atomic E-state index is 2.42. The van der Waals surface area contributed by atoms with E-state index in [2.05, 4.69) is 128 Å². The Morgan fingerprint density at radius 3 is 2.00 bits per heavy atom. The van der Waals surface area contributed by atoms with Crippen LogP contribution in [0, 0.1) is 0 Å². The fourth-order valence-corrected chi connectivity index (χ4v) is 5.78. The molecule has 192 valence electrons. The molecule has 0 radical (unpaired) electrons. The zero-order chi connectivity index (χ0) is 24.7. The van der Waals surface area contributed by atoms with Crippen molar-refractivity contribution in [3.8, 4) is 0 Å². The predicted molar refractivity (Wildman–Crippen MR) is 168 cm³/mol. The van der Waals surface area contributed by atoms with E-state index in [-0.39, 0.29) is 24.8 Å². The molecule has 0 aromatic heterocycles. The quantitative estimate of drug-likeness (QED) is 0.167. The van der Waals surface area contributed by atoms with E-state index in [1.807, 2.05) is 0 Å². The summed E-state index contributed by atoms with van der Waals surface area (Å²) in [7, 11) is 0. The van der Waals surface area contributed by atoms with Crippen LogP contribution in [0.5, 0.6) is 0 Å². The molecule has 38 heavy (non-hydrogen) atoms. The molecule has 0 N–H and O–H groups in total. The van der Waals surface area contributed by atoms with E-state index in [1.54, 1.807) is 0 Å². The molecule has 1 aliphatic carbocycles. The van der Waals surface area contributed by atoms with Crippen molar-refractivity contribution in [2.75, 3.05) is 0 Å². The normalized spacial score (nSPS) is 12.0. The third-order valence-corrected chi connectivity index (χ3v) is 8.31. The summed E-state index contributed by atoms with van der Waals surface area (Å²) < 4.78 is 1.42. The fourth-order valence-electron chi connectivity index (χ4n) is 4.96. The van der Waals surface area contributed by atoms with E-state index in [1.165, 1.54) is 96.1 Å². The SMILES string of the molecule is CCCCC1=CCC(c2cccc3c2[cH-]c2ccccc23)=C1.Cl.Cl.[Zr]=[C](c1ccccc1)c1ccccc1. The molecule has 5 aromatic carbocycles. The van der Waals surface area contributed by atoms with Crippen LogP contribution < -0.4 is 0 Å². The van der Waals surface area contributed by atoms with Crippen molar-refractivity contribution in [3.63, 3.8) is 0 Å². The Hall–Kier alpha value is -2.44. The van der Waals surface area contributed by atoms with Crippen LogP contribution in [0.2, 0.25) is 0 Å². The third kappa shape index (κ3) is 6.95. The van der Waals surface area contributed by atoms with Gasteiger partial charge in [0.05, 0.1) is 0 Å². The van der Waals surface area contributed by atoms with E-state index in [0.29, 0.717) is 0 Å². The summed E-state index contributed by atoms with van der Waals surface area (Å²) in [6, 6.07) is 38.9. The van der Waals surface area contributed by atoms with Gasteiger partial charge in [0.1, 0.15) is 0 Å². The third-order valence-electron chi connectivity index (χ3n) is 6.89. The summed E-state index contributed by atoms with van der Waals surface area (Å²) in [5.74, 6) is 0. The van der Waals surface area contributed by atoms with Gasteiger partial charge in [-0.15, -0.1) is 58.5 Å². The van der Waals surface area contributed by atoms with Crippen LogP contribution in [-0.4, -0.2) is 3.21 Å². The summed E-state index contributed by atoms with van der Waals surface area (Å²) in [5.41, 5.74) is 7.07. The van der Waals surface area contributed by atoms with Gasteiger partial charge in [-0.25, -0.2) is 0 Å². The zero-order valence-electron chi connectivity index (χ0n) is 21.7. The second kappa shape index (κ2) is 14.6. The molecule has 0 saturated heterocycles. The molecule has 0 amide bonds. The van der Waals surface area contributed by atoms with Crippen molar-refractivity contribution in [1.82, 2.24) is 0 Å². The Bertz CT molecular complexity index is 1500. The van der Waals surface area contributed by atoms with Crippen molar-refractivity contribution in [3.05, 3.63) is 144 Å². The molecular formula is C35H33Cl2Zr-. The Kier molecular flexibility index (Phi) is 11.6. The summed E-state index contributed by atoms with van der Waals surface area (Å²) in [5, 5.41) is 5.51. The topological polar surface area (TPSA) is 0 Å². The summed E-state index contributed by atoms with van der Waals surface area (Å²) in [6.45, 7) is 2.26. The van der Waals surface area contributed by atoms with Gasteiger partial charge in [0.15, 0.2) is 0 Å². The van der Waals surface area contributed by atoms with Crippen LogP contribution in [-0.2, 0) is 24.2 Å². The molecule has 1 aliphatic rings. The van der Waals surface area contributed by atoms with Gasteiger partial charge in [0, 0.05) is 0 Å². The maximum absolute atomic E-state index is 2.42. The number of unbranched alkanes of at least 4 members (excludes halogenated alkanes) is 1. The number of rotatable bonds is 6. The van der Waals surface area contributed by atoms with Crippen LogP contribution >= 0.6 is 24.8 Å². The van der Waals surface area contributed by atoms with E-state index in [0.717, 1.165) is 6.42 Å². The van der Waals surface area contributed by atoms with Gasteiger partial charge >= 0.3 is 99.2 Å². The minimum atomic E-state index is 0. The van der Waals surface area contributed by atoms with E-state index >= 15 is 0 Å². The minimum absolute atomic E-state index is 0. The molecule has 5 aromatic rings. The number of hydrogen-bond acceptors (Lipinski definition) is 0. The first-order chi connectivity index (χ1) is 17.7. The standard InChI is InChI=1S/C22H21.C13H10.2ClH.Zr/c1-2-3-7-16-12-13-18(14-16)20-10-6-11-21-19-9-5-4-8-17(19)15-22(20)21;1-3-7-12(8-4-1)11-13-9-5-2-6-10-13;;;/h4-6,8-12,14-15H,2-3,7,13H2,1H3;1-10H;2*1H;/q-1;;;;. The number of hydrogen-bond donors (Lipinski definition) is 0. The summed E-state index contributed by atoms with van der Waals surface area (Å²) in [6.07, 6.45) is 9.69. The number of benzene rings is 4. The number of allylic oxidation sites excluding steroid dienone is 4. The van der Waals surface area contributed by atoms with Crippen LogP contribution in [0.15, 0.2) is 127 Å². The molecule has 0 heterocycles. The first kappa shape index (κ1) is 30.1. The summed E-state index contributed by atoms with van der Waals surface area (Å²) >= 11 is 1.46. The van der Waals surface area contributed by atoms with Gasteiger partial charge in [-0.3, -0.25) is 0 Å². The molecule has 0 nitrogen and oxygen atoms in total. The van der Waals surface area contributed by atoms with E-state index < -0.39 is 0 Å². The van der Waals surface area contributed by atoms with Crippen molar-refractivity contribution in [2.24, 2.45) is 0 Å². The first-order valence-electron chi connectivity index (χ1n) is 12.9. The molecule has 0 bridgehead atoms. The number of fused-ring (bicyclic) bond motifs is 3. The van der Waals surface area contributed by atoms with E-state index in [4.69, 9.17) is 0 Å².